The molecule has 2 aromatic rings. The van der Waals surface area contributed by atoms with E-state index in [1.54, 1.807) is 30.3 Å². The van der Waals surface area contributed by atoms with Crippen molar-refractivity contribution in [2.45, 2.75) is 25.1 Å². The van der Waals surface area contributed by atoms with Crippen molar-refractivity contribution in [3.05, 3.63) is 53.1 Å². The summed E-state index contributed by atoms with van der Waals surface area (Å²) < 4.78 is 16.7. The standard InChI is InChI=1S/C22H27BN2O7/c24-6-8-30-19-5-4-14(11-20(19)31-9-7-25)10-17(26)13-16-12-15-2-1-3-18(22(27)28)21(15)32-23(16)29/h1-5,11,16,29H,6-10,12-13,24-25H2,(H,27,28)/t16-/m1/s1. The summed E-state index contributed by atoms with van der Waals surface area (Å²) in [4.78, 5) is 24.1. The van der Waals surface area contributed by atoms with Crippen LogP contribution in [0.5, 0.6) is 17.2 Å². The van der Waals surface area contributed by atoms with Crippen molar-refractivity contribution in [1.82, 2.24) is 0 Å². The summed E-state index contributed by atoms with van der Waals surface area (Å²) in [6.07, 6.45) is 0.573. The van der Waals surface area contributed by atoms with Gasteiger partial charge in [0, 0.05) is 31.7 Å². The Bertz CT molecular complexity index is 969. The number of carboxylic acids is 1. The van der Waals surface area contributed by atoms with Gasteiger partial charge < -0.3 is 35.7 Å². The van der Waals surface area contributed by atoms with Gasteiger partial charge in [-0.25, -0.2) is 4.79 Å². The number of ketones is 1. The van der Waals surface area contributed by atoms with E-state index in [4.69, 9.17) is 25.6 Å². The molecule has 1 heterocycles. The molecule has 0 radical (unpaired) electrons. The summed E-state index contributed by atoms with van der Waals surface area (Å²) in [7, 11) is -1.26. The predicted molar refractivity (Wildman–Crippen MR) is 118 cm³/mol. The van der Waals surface area contributed by atoms with Crippen LogP contribution in [0.3, 0.4) is 0 Å². The predicted octanol–water partition coefficient (Wildman–Crippen LogP) is 1.05. The number of Topliss-reactive ketones (excluding diaryl/α,β-unsaturated/α-hetero) is 1. The fourth-order valence-corrected chi connectivity index (χ4v) is 3.65. The summed E-state index contributed by atoms with van der Waals surface area (Å²) in [6.45, 7) is 1.34. The largest absolute Gasteiger partial charge is 0.535 e. The fourth-order valence-electron chi connectivity index (χ4n) is 3.65. The molecule has 0 aromatic heterocycles. The van der Waals surface area contributed by atoms with Gasteiger partial charge in [-0.15, -0.1) is 0 Å². The molecule has 0 bridgehead atoms. The molecular formula is C22H27BN2O7. The Morgan fingerprint density at radius 1 is 1.09 bits per heavy atom. The van der Waals surface area contributed by atoms with Crippen molar-refractivity contribution in [1.29, 1.82) is 0 Å². The lowest BCUT2D eigenvalue weighted by atomic mass is 9.64. The van der Waals surface area contributed by atoms with Crippen LogP contribution in [0.1, 0.15) is 27.9 Å². The minimum absolute atomic E-state index is 0.00622. The second kappa shape index (κ2) is 11.0. The lowest BCUT2D eigenvalue weighted by Gasteiger charge is -2.28. The Morgan fingerprint density at radius 3 is 2.50 bits per heavy atom. The number of carbonyl (C=O) groups is 2. The van der Waals surface area contributed by atoms with Crippen LogP contribution < -0.4 is 25.6 Å². The third-order valence-corrected chi connectivity index (χ3v) is 5.10. The number of benzene rings is 2. The first-order chi connectivity index (χ1) is 15.4. The van der Waals surface area contributed by atoms with Gasteiger partial charge in [0.2, 0.25) is 0 Å². The van der Waals surface area contributed by atoms with Crippen molar-refractivity contribution < 1.29 is 33.8 Å². The molecule has 1 aliphatic heterocycles. The maximum Gasteiger partial charge on any atom is 0.526 e. The number of aromatic carboxylic acids is 1. The fraction of sp³-hybridized carbons (Fsp3) is 0.364. The van der Waals surface area contributed by atoms with Gasteiger partial charge in [0.15, 0.2) is 11.5 Å². The smallest absolute Gasteiger partial charge is 0.526 e. The average Bonchev–Trinajstić information content (AvgIpc) is 2.77. The van der Waals surface area contributed by atoms with Gasteiger partial charge in [-0.3, -0.25) is 4.79 Å². The molecule has 1 aliphatic rings. The first kappa shape index (κ1) is 23.6. The maximum absolute atomic E-state index is 12.7. The molecule has 2 aromatic carbocycles. The van der Waals surface area contributed by atoms with Gasteiger partial charge >= 0.3 is 13.1 Å². The quantitative estimate of drug-likeness (QED) is 0.374. The molecular weight excluding hydrogens is 415 g/mol. The molecule has 3 rings (SSSR count). The zero-order chi connectivity index (χ0) is 23.1. The SMILES string of the molecule is NCCOc1ccc(CC(=O)C[C@H]2Cc3cccc(C(=O)O)c3OB2O)cc1OCCN. The van der Waals surface area contributed by atoms with E-state index in [1.165, 1.54) is 6.07 Å². The molecule has 0 fully saturated rings. The van der Waals surface area contributed by atoms with Crippen LogP contribution in [-0.4, -0.2) is 55.3 Å². The highest BCUT2D eigenvalue weighted by Gasteiger charge is 2.37. The number of rotatable bonds is 11. The molecule has 10 heteroatoms. The first-order valence-electron chi connectivity index (χ1n) is 10.4. The normalized spacial score (nSPS) is 15.0. The molecule has 0 unspecified atom stereocenters. The molecule has 0 saturated heterocycles. The van der Waals surface area contributed by atoms with E-state index < -0.39 is 18.9 Å². The minimum Gasteiger partial charge on any atom is -0.535 e. The summed E-state index contributed by atoms with van der Waals surface area (Å²) in [5.74, 6) is -0.511. The Kier molecular flexibility index (Phi) is 8.10. The van der Waals surface area contributed by atoms with Crippen LogP contribution in [0.25, 0.3) is 0 Å². The Balaban J connectivity index is 1.67. The molecule has 6 N–H and O–H groups in total. The molecule has 1 atom stereocenters. The van der Waals surface area contributed by atoms with Gasteiger partial charge in [-0.05, 0) is 35.7 Å². The number of hydrogen-bond acceptors (Lipinski definition) is 8. The number of ether oxygens (including phenoxy) is 2. The average molecular weight is 442 g/mol. The first-order valence-corrected chi connectivity index (χ1v) is 10.4. The molecule has 32 heavy (non-hydrogen) atoms. The molecule has 0 aliphatic carbocycles. The maximum atomic E-state index is 12.7. The topological polar surface area (TPSA) is 154 Å². The van der Waals surface area contributed by atoms with Crippen LogP contribution in [-0.2, 0) is 17.6 Å². The van der Waals surface area contributed by atoms with E-state index >= 15 is 0 Å². The van der Waals surface area contributed by atoms with Crippen molar-refractivity contribution in [2.75, 3.05) is 26.3 Å². The van der Waals surface area contributed by atoms with Gasteiger partial charge in [0.25, 0.3) is 0 Å². The number of hydrogen-bond donors (Lipinski definition) is 4. The third-order valence-electron chi connectivity index (χ3n) is 5.10. The van der Waals surface area contributed by atoms with E-state index in [-0.39, 0.29) is 29.9 Å². The van der Waals surface area contributed by atoms with E-state index in [9.17, 15) is 19.7 Å². The Hall–Kier alpha value is -3.08. The number of para-hydroxylation sites is 1. The summed E-state index contributed by atoms with van der Waals surface area (Å²) >= 11 is 0. The second-order valence-electron chi connectivity index (χ2n) is 7.55. The van der Waals surface area contributed by atoms with Crippen LogP contribution in [0.15, 0.2) is 36.4 Å². The third kappa shape index (κ3) is 5.79. The molecule has 170 valence electrons. The monoisotopic (exact) mass is 442 g/mol. The van der Waals surface area contributed by atoms with Crippen LogP contribution in [0, 0.1) is 0 Å². The zero-order valence-electron chi connectivity index (χ0n) is 17.7. The van der Waals surface area contributed by atoms with E-state index in [1.807, 2.05) is 0 Å². The number of carbonyl (C=O) groups excluding carboxylic acids is 1. The number of carboxylic acid groups (broad SMARTS) is 1. The van der Waals surface area contributed by atoms with Crippen LogP contribution >= 0.6 is 0 Å². The minimum atomic E-state index is -1.26. The summed E-state index contributed by atoms with van der Waals surface area (Å²) in [6, 6.07) is 10.0. The summed E-state index contributed by atoms with van der Waals surface area (Å²) in [5.41, 5.74) is 12.4. The Morgan fingerprint density at radius 2 is 1.81 bits per heavy atom. The lowest BCUT2D eigenvalue weighted by molar-refractivity contribution is -0.118. The molecule has 0 amide bonds. The lowest BCUT2D eigenvalue weighted by Crippen LogP contribution is -2.36. The molecule has 0 saturated carbocycles. The highest BCUT2D eigenvalue weighted by Crippen LogP contribution is 2.36. The van der Waals surface area contributed by atoms with Crippen molar-refractivity contribution in [3.63, 3.8) is 0 Å². The summed E-state index contributed by atoms with van der Waals surface area (Å²) in [5, 5.41) is 19.7. The van der Waals surface area contributed by atoms with E-state index in [2.05, 4.69) is 0 Å². The van der Waals surface area contributed by atoms with E-state index in [0.717, 1.165) is 5.56 Å². The number of fused-ring (bicyclic) bond motifs is 1. The zero-order valence-corrected chi connectivity index (χ0v) is 17.7. The van der Waals surface area contributed by atoms with Crippen molar-refractivity contribution >= 4 is 18.9 Å². The van der Waals surface area contributed by atoms with Gasteiger partial charge in [0.05, 0.1) is 5.56 Å². The van der Waals surface area contributed by atoms with Crippen molar-refractivity contribution in [2.24, 2.45) is 11.5 Å². The molecule has 0 spiro atoms. The van der Waals surface area contributed by atoms with Gasteiger partial charge in [-0.1, -0.05) is 18.2 Å². The Labute approximate surface area is 186 Å². The van der Waals surface area contributed by atoms with Gasteiger partial charge in [0.1, 0.15) is 24.7 Å². The highest BCUT2D eigenvalue weighted by atomic mass is 16.5. The highest BCUT2D eigenvalue weighted by molar-refractivity contribution is 6.47. The number of nitrogens with two attached hydrogens (primary N) is 2. The second-order valence-corrected chi connectivity index (χ2v) is 7.55. The molecule has 9 nitrogen and oxygen atoms in total. The van der Waals surface area contributed by atoms with Crippen LogP contribution in [0.4, 0.5) is 0 Å². The van der Waals surface area contributed by atoms with Crippen LogP contribution in [0.2, 0.25) is 5.82 Å². The van der Waals surface area contributed by atoms with Crippen molar-refractivity contribution in [3.8, 4) is 17.2 Å². The van der Waals surface area contributed by atoms with Gasteiger partial charge in [-0.2, -0.15) is 0 Å². The van der Waals surface area contributed by atoms with E-state index in [0.29, 0.717) is 49.8 Å².